The van der Waals surface area contributed by atoms with Gasteiger partial charge >= 0.3 is 0 Å². The number of rotatable bonds is 4. The molecule has 3 nitrogen and oxygen atoms in total. The summed E-state index contributed by atoms with van der Waals surface area (Å²) >= 11 is 3.48. The molecular formula is C16H15BrO3. The first-order valence-corrected chi connectivity index (χ1v) is 7.26. The average Bonchev–Trinajstić information content (AvgIpc) is 2.88. The Labute approximate surface area is 126 Å². The van der Waals surface area contributed by atoms with Gasteiger partial charge in [0.05, 0.1) is 11.6 Å². The van der Waals surface area contributed by atoms with Crippen LogP contribution in [0.4, 0.5) is 0 Å². The van der Waals surface area contributed by atoms with Crippen molar-refractivity contribution in [3.05, 3.63) is 52.5 Å². The second-order valence-electron chi connectivity index (χ2n) is 4.66. The Hall–Kier alpha value is -1.68. The third kappa shape index (κ3) is 2.75. The fourth-order valence-corrected chi connectivity index (χ4v) is 2.73. The Morgan fingerprint density at radius 3 is 2.85 bits per heavy atom. The van der Waals surface area contributed by atoms with Crippen LogP contribution in [0.3, 0.4) is 0 Å². The number of methoxy groups -OCH3 is 1. The third-order valence-electron chi connectivity index (χ3n) is 3.28. The SMILES string of the molecule is COc1ccc(OCC2Cc3ccccc3O2)c(Br)c1. The van der Waals surface area contributed by atoms with Crippen molar-refractivity contribution in [1.29, 1.82) is 0 Å². The van der Waals surface area contributed by atoms with E-state index in [1.165, 1.54) is 5.56 Å². The summed E-state index contributed by atoms with van der Waals surface area (Å²) in [4.78, 5) is 0. The number of para-hydroxylation sites is 1. The molecule has 0 spiro atoms. The molecule has 0 aliphatic carbocycles. The minimum Gasteiger partial charge on any atom is -0.497 e. The molecule has 0 bridgehead atoms. The van der Waals surface area contributed by atoms with Crippen molar-refractivity contribution in [3.8, 4) is 17.2 Å². The molecule has 0 amide bonds. The monoisotopic (exact) mass is 334 g/mol. The summed E-state index contributed by atoms with van der Waals surface area (Å²) in [6.07, 6.45) is 0.964. The number of halogens is 1. The fraction of sp³-hybridized carbons (Fsp3) is 0.250. The molecule has 1 aliphatic rings. The molecule has 1 atom stereocenters. The largest absolute Gasteiger partial charge is 0.497 e. The van der Waals surface area contributed by atoms with Gasteiger partial charge in [0.25, 0.3) is 0 Å². The topological polar surface area (TPSA) is 27.7 Å². The van der Waals surface area contributed by atoms with Gasteiger partial charge in [0.2, 0.25) is 0 Å². The average molecular weight is 335 g/mol. The zero-order valence-electron chi connectivity index (χ0n) is 11.1. The highest BCUT2D eigenvalue weighted by atomic mass is 79.9. The Morgan fingerprint density at radius 2 is 2.10 bits per heavy atom. The van der Waals surface area contributed by atoms with E-state index in [1.807, 2.05) is 36.4 Å². The zero-order valence-corrected chi connectivity index (χ0v) is 12.7. The molecule has 0 fully saturated rings. The van der Waals surface area contributed by atoms with Gasteiger partial charge in [0.15, 0.2) is 0 Å². The lowest BCUT2D eigenvalue weighted by Crippen LogP contribution is -2.22. The van der Waals surface area contributed by atoms with Gasteiger partial charge in [0, 0.05) is 6.42 Å². The quantitative estimate of drug-likeness (QED) is 0.850. The number of benzene rings is 2. The van der Waals surface area contributed by atoms with Crippen LogP contribution in [-0.2, 0) is 6.42 Å². The highest BCUT2D eigenvalue weighted by Crippen LogP contribution is 2.31. The van der Waals surface area contributed by atoms with E-state index in [9.17, 15) is 0 Å². The summed E-state index contributed by atoms with van der Waals surface area (Å²) in [5.74, 6) is 2.56. The number of hydrogen-bond acceptors (Lipinski definition) is 3. The van der Waals surface area contributed by atoms with Crippen molar-refractivity contribution >= 4 is 15.9 Å². The number of ether oxygens (including phenoxy) is 3. The maximum Gasteiger partial charge on any atom is 0.137 e. The molecule has 0 saturated heterocycles. The Bertz CT molecular complexity index is 587. The summed E-state index contributed by atoms with van der Waals surface area (Å²) < 4.78 is 17.7. The van der Waals surface area contributed by atoms with Crippen molar-refractivity contribution in [2.24, 2.45) is 0 Å². The lowest BCUT2D eigenvalue weighted by atomic mass is 10.1. The molecule has 4 heteroatoms. The van der Waals surface area contributed by atoms with Gasteiger partial charge in [-0.05, 0) is 45.8 Å². The minimum absolute atomic E-state index is 0.0707. The van der Waals surface area contributed by atoms with E-state index < -0.39 is 0 Å². The molecule has 0 N–H and O–H groups in total. The fourth-order valence-electron chi connectivity index (χ4n) is 2.26. The molecule has 0 radical (unpaired) electrons. The van der Waals surface area contributed by atoms with E-state index in [2.05, 4.69) is 22.0 Å². The van der Waals surface area contributed by atoms with Gasteiger partial charge < -0.3 is 14.2 Å². The Morgan fingerprint density at radius 1 is 1.25 bits per heavy atom. The van der Waals surface area contributed by atoms with Crippen molar-refractivity contribution in [2.45, 2.75) is 12.5 Å². The summed E-state index contributed by atoms with van der Waals surface area (Å²) in [5, 5.41) is 0. The Kier molecular flexibility index (Phi) is 3.83. The predicted octanol–water partition coefficient (Wildman–Crippen LogP) is 3.84. The second kappa shape index (κ2) is 5.75. The van der Waals surface area contributed by atoms with Crippen LogP contribution in [0.1, 0.15) is 5.56 Å². The number of fused-ring (bicyclic) bond motifs is 1. The molecule has 0 saturated carbocycles. The van der Waals surface area contributed by atoms with E-state index >= 15 is 0 Å². The van der Waals surface area contributed by atoms with Crippen molar-refractivity contribution in [2.75, 3.05) is 13.7 Å². The maximum atomic E-state index is 5.85. The van der Waals surface area contributed by atoms with Crippen LogP contribution in [0.25, 0.3) is 0 Å². The van der Waals surface area contributed by atoms with E-state index in [4.69, 9.17) is 14.2 Å². The van der Waals surface area contributed by atoms with Crippen LogP contribution in [0.2, 0.25) is 0 Å². The summed E-state index contributed by atoms with van der Waals surface area (Å²) in [6, 6.07) is 13.8. The first-order chi connectivity index (χ1) is 9.76. The van der Waals surface area contributed by atoms with Gasteiger partial charge in [-0.3, -0.25) is 0 Å². The molecular weight excluding hydrogens is 320 g/mol. The Balaban J connectivity index is 1.61. The van der Waals surface area contributed by atoms with Crippen LogP contribution in [0.5, 0.6) is 17.2 Å². The molecule has 2 aromatic carbocycles. The standard InChI is InChI=1S/C16H15BrO3/c1-18-12-6-7-16(14(17)9-12)19-10-13-8-11-4-2-3-5-15(11)20-13/h2-7,9,13H,8,10H2,1H3. The smallest absolute Gasteiger partial charge is 0.137 e. The van der Waals surface area contributed by atoms with Crippen molar-refractivity contribution in [3.63, 3.8) is 0 Å². The molecule has 1 unspecified atom stereocenters. The van der Waals surface area contributed by atoms with Gasteiger partial charge in [-0.2, -0.15) is 0 Å². The normalized spacial score (nSPS) is 16.4. The van der Waals surface area contributed by atoms with Gasteiger partial charge in [-0.25, -0.2) is 0 Å². The van der Waals surface area contributed by atoms with Crippen LogP contribution >= 0.6 is 15.9 Å². The van der Waals surface area contributed by atoms with Crippen molar-refractivity contribution in [1.82, 2.24) is 0 Å². The molecule has 1 aliphatic heterocycles. The molecule has 3 rings (SSSR count). The molecule has 20 heavy (non-hydrogen) atoms. The first kappa shape index (κ1) is 13.3. The highest BCUT2D eigenvalue weighted by Gasteiger charge is 2.23. The summed E-state index contributed by atoms with van der Waals surface area (Å²) in [6.45, 7) is 0.527. The lowest BCUT2D eigenvalue weighted by molar-refractivity contribution is 0.148. The van der Waals surface area contributed by atoms with Crippen LogP contribution in [0.15, 0.2) is 46.9 Å². The van der Waals surface area contributed by atoms with Crippen molar-refractivity contribution < 1.29 is 14.2 Å². The van der Waals surface area contributed by atoms with Crippen LogP contribution in [0, 0.1) is 0 Å². The van der Waals surface area contributed by atoms with E-state index in [0.29, 0.717) is 6.61 Å². The van der Waals surface area contributed by atoms with E-state index in [0.717, 1.165) is 28.1 Å². The van der Waals surface area contributed by atoms with Crippen LogP contribution in [-0.4, -0.2) is 19.8 Å². The van der Waals surface area contributed by atoms with Gasteiger partial charge in [0.1, 0.15) is 30.0 Å². The number of hydrogen-bond donors (Lipinski definition) is 0. The maximum absolute atomic E-state index is 5.85. The van der Waals surface area contributed by atoms with E-state index in [1.54, 1.807) is 7.11 Å². The molecule has 1 heterocycles. The summed E-state index contributed by atoms with van der Waals surface area (Å²) in [7, 11) is 1.64. The van der Waals surface area contributed by atoms with Gasteiger partial charge in [-0.1, -0.05) is 18.2 Å². The molecule has 0 aromatic heterocycles. The third-order valence-corrected chi connectivity index (χ3v) is 3.90. The lowest BCUT2D eigenvalue weighted by Gasteiger charge is -2.14. The molecule has 104 valence electrons. The van der Waals surface area contributed by atoms with E-state index in [-0.39, 0.29) is 6.10 Å². The predicted molar refractivity (Wildman–Crippen MR) is 80.8 cm³/mol. The summed E-state index contributed by atoms with van der Waals surface area (Å²) in [5.41, 5.74) is 1.25. The minimum atomic E-state index is 0.0707. The van der Waals surface area contributed by atoms with Gasteiger partial charge in [-0.15, -0.1) is 0 Å². The van der Waals surface area contributed by atoms with Crippen LogP contribution < -0.4 is 14.2 Å². The molecule has 2 aromatic rings. The zero-order chi connectivity index (χ0) is 13.9. The second-order valence-corrected chi connectivity index (χ2v) is 5.51. The first-order valence-electron chi connectivity index (χ1n) is 6.47. The highest BCUT2D eigenvalue weighted by molar-refractivity contribution is 9.10.